The van der Waals surface area contributed by atoms with Crippen LogP contribution in [0.1, 0.15) is 15.9 Å². The Hall–Kier alpha value is -3.60. The Bertz CT molecular complexity index is 1030. The fraction of sp³-hybridized carbons (Fsp3) is 0.231. The second-order valence-electron chi connectivity index (χ2n) is 7.73. The van der Waals surface area contributed by atoms with Crippen LogP contribution in [-0.2, 0) is 11.2 Å². The molecule has 3 aromatic rings. The van der Waals surface area contributed by atoms with Gasteiger partial charge in [-0.05, 0) is 47.4 Å². The zero-order chi connectivity index (χ0) is 21.6. The molecule has 1 N–H and O–H groups in total. The Morgan fingerprint density at radius 2 is 1.61 bits per heavy atom. The lowest BCUT2D eigenvalue weighted by molar-refractivity contribution is -0.124. The molecule has 1 saturated heterocycles. The number of hydrogen-bond acceptors (Lipinski definition) is 3. The number of carbonyl (C=O) groups excluding carboxylic acids is 2. The average molecular weight is 415 g/mol. The maximum atomic E-state index is 12.9. The fourth-order valence-corrected chi connectivity index (χ4v) is 3.90. The molecule has 4 rings (SSSR count). The number of carbonyl (C=O) groups is 2. The zero-order valence-electron chi connectivity index (χ0n) is 17.6. The van der Waals surface area contributed by atoms with Crippen molar-refractivity contribution >= 4 is 11.8 Å². The van der Waals surface area contributed by atoms with Gasteiger partial charge in [-0.15, -0.1) is 0 Å². The van der Waals surface area contributed by atoms with Gasteiger partial charge < -0.3 is 15.0 Å². The molecule has 0 aromatic heterocycles. The molecular formula is C26H26N2O3. The minimum absolute atomic E-state index is 0.00240. The van der Waals surface area contributed by atoms with Crippen molar-refractivity contribution in [1.82, 2.24) is 10.2 Å². The van der Waals surface area contributed by atoms with Gasteiger partial charge in [0.1, 0.15) is 5.75 Å². The van der Waals surface area contributed by atoms with Crippen LogP contribution < -0.4 is 10.1 Å². The third kappa shape index (κ3) is 4.94. The van der Waals surface area contributed by atoms with Crippen LogP contribution in [0.5, 0.6) is 5.75 Å². The minimum atomic E-state index is -0.276. The molecule has 1 aliphatic heterocycles. The first-order valence-corrected chi connectivity index (χ1v) is 10.5. The van der Waals surface area contributed by atoms with Crippen LogP contribution in [-0.4, -0.2) is 43.5 Å². The lowest BCUT2D eigenvalue weighted by Gasteiger charge is -2.23. The lowest BCUT2D eigenvalue weighted by atomic mass is 9.96. The minimum Gasteiger partial charge on any atom is -0.497 e. The molecule has 2 amide bonds. The van der Waals surface area contributed by atoms with Gasteiger partial charge in [0.15, 0.2) is 0 Å². The van der Waals surface area contributed by atoms with Crippen LogP contribution in [0.2, 0.25) is 0 Å². The second-order valence-corrected chi connectivity index (χ2v) is 7.73. The van der Waals surface area contributed by atoms with Crippen molar-refractivity contribution in [1.29, 1.82) is 0 Å². The molecule has 5 nitrogen and oxygen atoms in total. The van der Waals surface area contributed by atoms with Crippen LogP contribution in [0.4, 0.5) is 0 Å². The van der Waals surface area contributed by atoms with Crippen molar-refractivity contribution in [2.24, 2.45) is 5.92 Å². The van der Waals surface area contributed by atoms with E-state index >= 15 is 0 Å². The predicted molar refractivity (Wildman–Crippen MR) is 121 cm³/mol. The van der Waals surface area contributed by atoms with Gasteiger partial charge in [0.2, 0.25) is 5.91 Å². The number of hydrogen-bond donors (Lipinski definition) is 1. The van der Waals surface area contributed by atoms with Crippen LogP contribution in [0.25, 0.3) is 11.1 Å². The monoisotopic (exact) mass is 414 g/mol. The van der Waals surface area contributed by atoms with Crippen LogP contribution in [0, 0.1) is 5.92 Å². The molecule has 1 aliphatic rings. The van der Waals surface area contributed by atoms with Crippen molar-refractivity contribution in [2.75, 3.05) is 26.7 Å². The Morgan fingerprint density at radius 1 is 0.968 bits per heavy atom. The molecule has 0 spiro atoms. The summed E-state index contributed by atoms with van der Waals surface area (Å²) < 4.78 is 5.22. The molecule has 0 radical (unpaired) electrons. The van der Waals surface area contributed by atoms with Crippen molar-refractivity contribution in [3.05, 3.63) is 90.0 Å². The Labute approximate surface area is 182 Å². The van der Waals surface area contributed by atoms with Gasteiger partial charge in [-0.1, -0.05) is 54.6 Å². The summed E-state index contributed by atoms with van der Waals surface area (Å²) in [5.74, 6) is 0.524. The molecule has 158 valence electrons. The van der Waals surface area contributed by atoms with Gasteiger partial charge in [-0.25, -0.2) is 0 Å². The summed E-state index contributed by atoms with van der Waals surface area (Å²) in [4.78, 5) is 27.3. The average Bonchev–Trinajstić information content (AvgIpc) is 3.01. The van der Waals surface area contributed by atoms with Gasteiger partial charge in [0, 0.05) is 25.2 Å². The molecule has 0 aliphatic carbocycles. The molecule has 31 heavy (non-hydrogen) atoms. The fourth-order valence-electron chi connectivity index (χ4n) is 3.90. The number of rotatable bonds is 5. The highest BCUT2D eigenvalue weighted by atomic mass is 16.5. The number of methoxy groups -OCH3 is 1. The topological polar surface area (TPSA) is 58.6 Å². The third-order valence-corrected chi connectivity index (χ3v) is 5.66. The highest BCUT2D eigenvalue weighted by Gasteiger charge is 2.28. The van der Waals surface area contributed by atoms with E-state index in [0.29, 0.717) is 31.6 Å². The number of benzene rings is 3. The Kier molecular flexibility index (Phi) is 6.32. The van der Waals surface area contributed by atoms with Crippen molar-refractivity contribution in [3.8, 4) is 16.9 Å². The first-order valence-electron chi connectivity index (χ1n) is 10.5. The summed E-state index contributed by atoms with van der Waals surface area (Å²) >= 11 is 0. The quantitative estimate of drug-likeness (QED) is 0.691. The van der Waals surface area contributed by atoms with E-state index in [-0.39, 0.29) is 17.7 Å². The molecule has 1 unspecified atom stereocenters. The van der Waals surface area contributed by atoms with E-state index in [1.54, 1.807) is 12.0 Å². The van der Waals surface area contributed by atoms with E-state index in [1.165, 1.54) is 0 Å². The summed E-state index contributed by atoms with van der Waals surface area (Å²) in [6.45, 7) is 1.41. The van der Waals surface area contributed by atoms with Crippen LogP contribution in [0.15, 0.2) is 78.9 Å². The highest BCUT2D eigenvalue weighted by molar-refractivity contribution is 5.94. The van der Waals surface area contributed by atoms with Crippen molar-refractivity contribution in [3.63, 3.8) is 0 Å². The SMILES string of the molecule is COc1ccc(-c2ccc(CC3CN(C(=O)c4ccccc4)CCNC3=O)cc2)cc1. The number of amides is 2. The third-order valence-electron chi connectivity index (χ3n) is 5.66. The van der Waals surface area contributed by atoms with Crippen LogP contribution in [0.3, 0.4) is 0 Å². The van der Waals surface area contributed by atoms with Crippen LogP contribution >= 0.6 is 0 Å². The largest absolute Gasteiger partial charge is 0.497 e. The molecule has 1 atom stereocenters. The number of nitrogens with zero attached hydrogens (tertiary/aromatic N) is 1. The Balaban J connectivity index is 1.46. The standard InChI is InChI=1S/C26H26N2O3/c1-31-24-13-11-21(12-14-24)20-9-7-19(8-10-20)17-23-18-28(16-15-27-25(23)29)26(30)22-5-3-2-4-6-22/h2-14,23H,15-18H2,1H3,(H,27,29). The van der Waals surface area contributed by atoms with E-state index in [0.717, 1.165) is 22.4 Å². The maximum Gasteiger partial charge on any atom is 0.253 e. The first-order chi connectivity index (χ1) is 15.1. The summed E-state index contributed by atoms with van der Waals surface area (Å²) in [5, 5.41) is 2.95. The van der Waals surface area contributed by atoms with E-state index in [1.807, 2.05) is 54.6 Å². The van der Waals surface area contributed by atoms with E-state index in [2.05, 4.69) is 29.6 Å². The van der Waals surface area contributed by atoms with Gasteiger partial charge >= 0.3 is 0 Å². The van der Waals surface area contributed by atoms with Crippen molar-refractivity contribution in [2.45, 2.75) is 6.42 Å². The zero-order valence-corrected chi connectivity index (χ0v) is 17.6. The highest BCUT2D eigenvalue weighted by Crippen LogP contribution is 2.24. The second kappa shape index (κ2) is 9.47. The first kappa shape index (κ1) is 20.7. The Morgan fingerprint density at radius 3 is 2.26 bits per heavy atom. The normalized spacial score (nSPS) is 16.4. The summed E-state index contributed by atoms with van der Waals surface area (Å²) in [6.07, 6.45) is 0.591. The summed E-state index contributed by atoms with van der Waals surface area (Å²) in [5.41, 5.74) is 3.95. The van der Waals surface area contributed by atoms with Gasteiger partial charge in [-0.3, -0.25) is 9.59 Å². The molecule has 1 fully saturated rings. The molecule has 0 bridgehead atoms. The van der Waals surface area contributed by atoms with E-state index in [9.17, 15) is 9.59 Å². The van der Waals surface area contributed by atoms with Gasteiger partial charge in [-0.2, -0.15) is 0 Å². The van der Waals surface area contributed by atoms with Crippen molar-refractivity contribution < 1.29 is 14.3 Å². The van der Waals surface area contributed by atoms with Gasteiger partial charge in [0.25, 0.3) is 5.91 Å². The number of ether oxygens (including phenoxy) is 1. The summed E-state index contributed by atoms with van der Waals surface area (Å²) in [6, 6.07) is 25.4. The molecular weight excluding hydrogens is 388 g/mol. The molecule has 3 aromatic carbocycles. The molecule has 5 heteroatoms. The molecule has 1 heterocycles. The molecule has 0 saturated carbocycles. The van der Waals surface area contributed by atoms with E-state index < -0.39 is 0 Å². The predicted octanol–water partition coefficient (Wildman–Crippen LogP) is 3.79. The lowest BCUT2D eigenvalue weighted by Crippen LogP contribution is -2.37. The summed E-state index contributed by atoms with van der Waals surface area (Å²) in [7, 11) is 1.65. The number of nitrogens with one attached hydrogen (secondary N) is 1. The smallest absolute Gasteiger partial charge is 0.253 e. The van der Waals surface area contributed by atoms with E-state index in [4.69, 9.17) is 4.74 Å². The maximum absolute atomic E-state index is 12.9. The van der Waals surface area contributed by atoms with Gasteiger partial charge in [0.05, 0.1) is 13.0 Å².